The van der Waals surface area contributed by atoms with Crippen LogP contribution in [0.1, 0.15) is 12.5 Å². The molecule has 1 unspecified atom stereocenters. The molecule has 4 heteroatoms. The van der Waals surface area contributed by atoms with Crippen LogP contribution >= 0.6 is 0 Å². The first-order valence-electron chi connectivity index (χ1n) is 5.93. The predicted molar refractivity (Wildman–Crippen MR) is 70.3 cm³/mol. The molecular formula is C13H19NO2S. The van der Waals surface area contributed by atoms with Gasteiger partial charge in [0.15, 0.2) is 0 Å². The number of hydrogen-bond acceptors (Lipinski definition) is 3. The third-order valence-corrected chi connectivity index (χ3v) is 4.47. The summed E-state index contributed by atoms with van der Waals surface area (Å²) in [6, 6.07) is 9.72. The van der Waals surface area contributed by atoms with Gasteiger partial charge in [-0.1, -0.05) is 30.3 Å². The zero-order valence-corrected chi connectivity index (χ0v) is 10.9. The lowest BCUT2D eigenvalue weighted by atomic mass is 9.95. The lowest BCUT2D eigenvalue weighted by molar-refractivity contribution is 0.0185. The van der Waals surface area contributed by atoms with Crippen LogP contribution in [0.4, 0.5) is 0 Å². The van der Waals surface area contributed by atoms with E-state index in [1.807, 2.05) is 37.3 Å². The fourth-order valence-electron chi connectivity index (χ4n) is 2.16. The van der Waals surface area contributed by atoms with Crippen molar-refractivity contribution in [1.29, 1.82) is 0 Å². The molecule has 2 rings (SSSR count). The lowest BCUT2D eigenvalue weighted by Gasteiger charge is -2.33. The highest BCUT2D eigenvalue weighted by atomic mass is 32.2. The summed E-state index contributed by atoms with van der Waals surface area (Å²) in [7, 11) is -0.657. The third kappa shape index (κ3) is 3.37. The fraction of sp³-hybridized carbons (Fsp3) is 0.538. The molecule has 1 saturated heterocycles. The summed E-state index contributed by atoms with van der Waals surface area (Å²) in [5, 5.41) is 10.5. The van der Waals surface area contributed by atoms with Gasteiger partial charge in [-0.25, -0.2) is 0 Å². The second-order valence-corrected chi connectivity index (χ2v) is 6.46. The molecule has 1 aromatic carbocycles. The highest BCUT2D eigenvalue weighted by Gasteiger charge is 2.27. The molecule has 0 spiro atoms. The van der Waals surface area contributed by atoms with Gasteiger partial charge in [-0.3, -0.25) is 9.11 Å². The Morgan fingerprint density at radius 3 is 2.47 bits per heavy atom. The minimum atomic E-state index is -0.833. The van der Waals surface area contributed by atoms with Gasteiger partial charge in [0.2, 0.25) is 0 Å². The van der Waals surface area contributed by atoms with Gasteiger partial charge in [-0.2, -0.15) is 0 Å². The summed E-state index contributed by atoms with van der Waals surface area (Å²) in [5.41, 5.74) is 0.104. The van der Waals surface area contributed by atoms with E-state index in [9.17, 15) is 9.32 Å². The van der Waals surface area contributed by atoms with Gasteiger partial charge in [0, 0.05) is 41.9 Å². The van der Waals surface area contributed by atoms with Crippen LogP contribution in [0.5, 0.6) is 0 Å². The third-order valence-electron chi connectivity index (χ3n) is 3.20. The van der Waals surface area contributed by atoms with Crippen molar-refractivity contribution in [3.8, 4) is 0 Å². The van der Waals surface area contributed by atoms with Crippen molar-refractivity contribution in [3.05, 3.63) is 35.9 Å². The molecular weight excluding hydrogens is 234 g/mol. The monoisotopic (exact) mass is 253 g/mol. The standard InChI is InChI=1S/C13H19NO2S/c1-13(15,12-5-3-2-4-6-12)11-14-7-9-17(16)10-8-14/h2-6,15H,7-11H2,1H3. The molecule has 0 bridgehead atoms. The Bertz CT molecular complexity index is 382. The Morgan fingerprint density at radius 1 is 1.29 bits per heavy atom. The normalized spacial score (nSPS) is 22.2. The average Bonchev–Trinajstić information content (AvgIpc) is 2.33. The smallest absolute Gasteiger partial charge is 0.0994 e. The first-order chi connectivity index (χ1) is 8.08. The molecule has 94 valence electrons. The highest BCUT2D eigenvalue weighted by Crippen LogP contribution is 2.22. The van der Waals surface area contributed by atoms with E-state index in [0.29, 0.717) is 6.54 Å². The second-order valence-electron chi connectivity index (χ2n) is 4.76. The van der Waals surface area contributed by atoms with Gasteiger partial charge in [-0.05, 0) is 12.5 Å². The Morgan fingerprint density at radius 2 is 1.88 bits per heavy atom. The summed E-state index contributed by atoms with van der Waals surface area (Å²) in [6.45, 7) is 4.08. The molecule has 17 heavy (non-hydrogen) atoms. The SMILES string of the molecule is CC(O)(CN1CCS(=O)CC1)c1ccccc1. The molecule has 0 aromatic heterocycles. The summed E-state index contributed by atoms with van der Waals surface area (Å²) in [6.07, 6.45) is 0. The topological polar surface area (TPSA) is 40.5 Å². The molecule has 0 aliphatic carbocycles. The largest absolute Gasteiger partial charge is 0.384 e. The van der Waals surface area contributed by atoms with Gasteiger partial charge in [0.05, 0.1) is 5.60 Å². The molecule has 1 N–H and O–H groups in total. The quantitative estimate of drug-likeness (QED) is 0.872. The maximum Gasteiger partial charge on any atom is 0.0994 e. The van der Waals surface area contributed by atoms with E-state index in [0.717, 1.165) is 30.2 Å². The maximum absolute atomic E-state index is 11.3. The lowest BCUT2D eigenvalue weighted by Crippen LogP contribution is -2.45. The number of rotatable bonds is 3. The molecule has 1 atom stereocenters. The number of nitrogens with zero attached hydrogens (tertiary/aromatic N) is 1. The van der Waals surface area contributed by atoms with Crippen LogP contribution < -0.4 is 0 Å². The number of β-amino-alcohol motifs (C(OH)–C–C–N with tert-alkyl or cyclic N) is 1. The molecule has 0 amide bonds. The second kappa shape index (κ2) is 5.29. The Hall–Kier alpha value is -0.710. The van der Waals surface area contributed by atoms with Gasteiger partial charge >= 0.3 is 0 Å². The first kappa shape index (κ1) is 12.7. The van der Waals surface area contributed by atoms with Crippen molar-refractivity contribution in [1.82, 2.24) is 4.90 Å². The van der Waals surface area contributed by atoms with Crippen molar-refractivity contribution in [2.45, 2.75) is 12.5 Å². The molecule has 1 aromatic rings. The molecule has 1 heterocycles. The zero-order chi connectivity index (χ0) is 12.3. The minimum Gasteiger partial charge on any atom is -0.384 e. The molecule has 3 nitrogen and oxygen atoms in total. The number of hydrogen-bond donors (Lipinski definition) is 1. The Labute approximate surface area is 105 Å². The fourth-order valence-corrected chi connectivity index (χ4v) is 3.29. The molecule has 1 aliphatic rings. The van der Waals surface area contributed by atoms with Crippen LogP contribution in [-0.4, -0.2) is 45.4 Å². The minimum absolute atomic E-state index is 0.605. The predicted octanol–water partition coefficient (Wildman–Crippen LogP) is 0.958. The average molecular weight is 253 g/mol. The molecule has 0 saturated carbocycles. The summed E-state index contributed by atoms with van der Waals surface area (Å²) in [4.78, 5) is 2.19. The van der Waals surface area contributed by atoms with Gasteiger partial charge in [-0.15, -0.1) is 0 Å². The Kier molecular flexibility index (Phi) is 3.97. The van der Waals surface area contributed by atoms with Crippen LogP contribution in [0.3, 0.4) is 0 Å². The molecule has 1 fully saturated rings. The summed E-state index contributed by atoms with van der Waals surface area (Å²) < 4.78 is 11.3. The van der Waals surface area contributed by atoms with Crippen LogP contribution in [0, 0.1) is 0 Å². The summed E-state index contributed by atoms with van der Waals surface area (Å²) in [5.74, 6) is 1.45. The highest BCUT2D eigenvalue weighted by molar-refractivity contribution is 7.85. The van der Waals surface area contributed by atoms with Crippen molar-refractivity contribution in [3.63, 3.8) is 0 Å². The van der Waals surface area contributed by atoms with Crippen LogP contribution in [0.15, 0.2) is 30.3 Å². The first-order valence-corrected chi connectivity index (χ1v) is 7.42. The van der Waals surface area contributed by atoms with E-state index in [-0.39, 0.29) is 0 Å². The zero-order valence-electron chi connectivity index (χ0n) is 10.1. The van der Waals surface area contributed by atoms with Gasteiger partial charge < -0.3 is 5.11 Å². The Balaban J connectivity index is 2.00. The van der Waals surface area contributed by atoms with E-state index < -0.39 is 16.4 Å². The maximum atomic E-state index is 11.3. The van der Waals surface area contributed by atoms with Crippen LogP contribution in [0.25, 0.3) is 0 Å². The molecule has 1 aliphatic heterocycles. The van der Waals surface area contributed by atoms with Crippen molar-refractivity contribution in [2.75, 3.05) is 31.1 Å². The van der Waals surface area contributed by atoms with Crippen molar-refractivity contribution < 1.29 is 9.32 Å². The van der Waals surface area contributed by atoms with Gasteiger partial charge in [0.1, 0.15) is 0 Å². The van der Waals surface area contributed by atoms with E-state index in [1.54, 1.807) is 0 Å². The van der Waals surface area contributed by atoms with E-state index >= 15 is 0 Å². The summed E-state index contributed by atoms with van der Waals surface area (Å²) >= 11 is 0. The van der Waals surface area contributed by atoms with Crippen molar-refractivity contribution in [2.24, 2.45) is 0 Å². The number of aliphatic hydroxyl groups is 1. The van der Waals surface area contributed by atoms with E-state index in [2.05, 4.69) is 4.90 Å². The van der Waals surface area contributed by atoms with Crippen LogP contribution in [0.2, 0.25) is 0 Å². The van der Waals surface area contributed by atoms with E-state index in [1.165, 1.54) is 0 Å². The van der Waals surface area contributed by atoms with E-state index in [4.69, 9.17) is 0 Å². The number of benzene rings is 1. The van der Waals surface area contributed by atoms with Gasteiger partial charge in [0.25, 0.3) is 0 Å². The molecule has 0 radical (unpaired) electrons. The van der Waals surface area contributed by atoms with Crippen LogP contribution in [-0.2, 0) is 16.4 Å². The van der Waals surface area contributed by atoms with Crippen molar-refractivity contribution >= 4 is 10.8 Å².